The predicted molar refractivity (Wildman–Crippen MR) is 91.6 cm³/mol. The summed E-state index contributed by atoms with van der Waals surface area (Å²) in [6.45, 7) is 3.97. The minimum atomic E-state index is -0.450. The maximum atomic E-state index is 12.6. The van der Waals surface area contributed by atoms with Crippen molar-refractivity contribution in [1.29, 1.82) is 0 Å². The lowest BCUT2D eigenvalue weighted by Gasteiger charge is -2.21. The topological polar surface area (TPSA) is 77.2 Å². The predicted octanol–water partition coefficient (Wildman–Crippen LogP) is 1.66. The summed E-state index contributed by atoms with van der Waals surface area (Å²) >= 11 is 0. The number of rotatable bonds is 4. The molecule has 1 saturated heterocycles. The van der Waals surface area contributed by atoms with Gasteiger partial charge in [-0.15, -0.1) is 0 Å². The van der Waals surface area contributed by atoms with Crippen LogP contribution in [0.15, 0.2) is 48.5 Å². The largest absolute Gasteiger partial charge is 0.367 e. The second kappa shape index (κ2) is 6.78. The van der Waals surface area contributed by atoms with Gasteiger partial charge < -0.3 is 10.6 Å². The van der Waals surface area contributed by atoms with E-state index in [-0.39, 0.29) is 12.1 Å². The normalized spacial score (nSPS) is 20.3. The fraction of sp³-hybridized carbons (Fsp3) is 0.235. The summed E-state index contributed by atoms with van der Waals surface area (Å²) in [5, 5.41) is 6.30. The lowest BCUT2D eigenvalue weighted by molar-refractivity contribution is -0.118. The number of carbonyl (C=O) groups is 1. The van der Waals surface area contributed by atoms with Crippen molar-refractivity contribution in [2.45, 2.75) is 26.1 Å². The first-order valence-corrected chi connectivity index (χ1v) is 7.60. The minimum Gasteiger partial charge on any atom is -0.367 e. The number of benzene rings is 2. The first-order valence-electron chi connectivity index (χ1n) is 7.60. The molecule has 3 rings (SSSR count). The number of carbonyl (C=O) groups excluding carboxylic acids is 1. The molecule has 0 aliphatic carbocycles. The first kappa shape index (κ1) is 15.5. The Morgan fingerprint density at radius 3 is 2.35 bits per heavy atom. The average molecular weight is 311 g/mol. The highest BCUT2D eigenvalue weighted by Gasteiger charge is 2.33. The standard InChI is InChI=1S/C17H21N5O/c1-11-7-6-8-12(2)14(11)19-17(23)15-16(21-22-20-15)18-13-9-4-3-5-10-13/h3-10,15-16,18,20-22H,1-2H3,(H,19,23). The van der Waals surface area contributed by atoms with Crippen LogP contribution >= 0.6 is 0 Å². The highest BCUT2D eigenvalue weighted by atomic mass is 16.2. The van der Waals surface area contributed by atoms with E-state index in [9.17, 15) is 4.79 Å². The van der Waals surface area contributed by atoms with E-state index in [2.05, 4.69) is 27.0 Å². The number of hydrogen-bond donors (Lipinski definition) is 5. The van der Waals surface area contributed by atoms with Crippen molar-refractivity contribution in [2.24, 2.45) is 0 Å². The van der Waals surface area contributed by atoms with Gasteiger partial charge in [0.15, 0.2) is 0 Å². The van der Waals surface area contributed by atoms with E-state index < -0.39 is 6.04 Å². The Bertz CT molecular complexity index is 668. The van der Waals surface area contributed by atoms with Crippen LogP contribution in [0.2, 0.25) is 0 Å². The summed E-state index contributed by atoms with van der Waals surface area (Å²) in [7, 11) is 0. The molecular weight excluding hydrogens is 290 g/mol. The van der Waals surface area contributed by atoms with E-state index in [4.69, 9.17) is 0 Å². The molecule has 0 saturated carbocycles. The van der Waals surface area contributed by atoms with Crippen molar-refractivity contribution in [2.75, 3.05) is 10.6 Å². The van der Waals surface area contributed by atoms with Gasteiger partial charge in [-0.25, -0.2) is 10.9 Å². The number of hydrazine groups is 2. The first-order chi connectivity index (χ1) is 11.1. The molecule has 1 fully saturated rings. The fourth-order valence-electron chi connectivity index (χ4n) is 2.63. The lowest BCUT2D eigenvalue weighted by Crippen LogP contribution is -2.48. The average Bonchev–Trinajstić information content (AvgIpc) is 3.00. The van der Waals surface area contributed by atoms with Crippen LogP contribution in [0, 0.1) is 13.8 Å². The molecule has 2 atom stereocenters. The SMILES string of the molecule is Cc1cccc(C)c1NC(=O)C1NNNC1Nc1ccccc1. The molecule has 0 bridgehead atoms. The monoisotopic (exact) mass is 311 g/mol. The molecule has 1 aliphatic rings. The van der Waals surface area contributed by atoms with Gasteiger partial charge in [-0.1, -0.05) is 36.4 Å². The zero-order valence-electron chi connectivity index (χ0n) is 13.2. The summed E-state index contributed by atoms with van der Waals surface area (Å²) in [5.74, 6) is -0.103. The quantitative estimate of drug-likeness (QED) is 0.594. The molecule has 120 valence electrons. The third kappa shape index (κ3) is 3.50. The maximum Gasteiger partial charge on any atom is 0.246 e. The smallest absolute Gasteiger partial charge is 0.246 e. The maximum absolute atomic E-state index is 12.6. The third-order valence-corrected chi connectivity index (χ3v) is 3.90. The molecule has 0 radical (unpaired) electrons. The molecule has 23 heavy (non-hydrogen) atoms. The van der Waals surface area contributed by atoms with E-state index in [0.717, 1.165) is 22.5 Å². The van der Waals surface area contributed by atoms with E-state index in [1.165, 1.54) is 0 Å². The van der Waals surface area contributed by atoms with Gasteiger partial charge in [0.2, 0.25) is 5.91 Å². The number of para-hydroxylation sites is 2. The molecule has 1 heterocycles. The Hall–Kier alpha value is -2.41. The molecule has 1 aliphatic heterocycles. The van der Waals surface area contributed by atoms with Crippen LogP contribution < -0.4 is 27.0 Å². The number of aryl methyl sites for hydroxylation is 2. The highest BCUT2D eigenvalue weighted by Crippen LogP contribution is 2.20. The van der Waals surface area contributed by atoms with Crippen molar-refractivity contribution >= 4 is 17.3 Å². The van der Waals surface area contributed by atoms with Crippen molar-refractivity contribution in [3.8, 4) is 0 Å². The van der Waals surface area contributed by atoms with E-state index in [0.29, 0.717) is 0 Å². The summed E-state index contributed by atoms with van der Waals surface area (Å²) < 4.78 is 0. The number of hydrogen-bond acceptors (Lipinski definition) is 5. The van der Waals surface area contributed by atoms with Gasteiger partial charge in [0, 0.05) is 11.4 Å². The van der Waals surface area contributed by atoms with Crippen molar-refractivity contribution in [3.05, 3.63) is 59.7 Å². The highest BCUT2D eigenvalue weighted by molar-refractivity contribution is 5.97. The zero-order valence-corrected chi connectivity index (χ0v) is 13.2. The van der Waals surface area contributed by atoms with Gasteiger partial charge in [-0.3, -0.25) is 4.79 Å². The second-order valence-corrected chi connectivity index (χ2v) is 5.64. The van der Waals surface area contributed by atoms with Crippen molar-refractivity contribution < 1.29 is 4.79 Å². The Kier molecular flexibility index (Phi) is 4.57. The molecule has 2 aromatic rings. The summed E-state index contributed by atoms with van der Waals surface area (Å²) in [5.41, 5.74) is 12.7. The fourth-order valence-corrected chi connectivity index (χ4v) is 2.63. The molecule has 6 heteroatoms. The van der Waals surface area contributed by atoms with E-state index in [1.54, 1.807) is 0 Å². The Labute approximate surface area is 135 Å². The molecule has 0 spiro atoms. The molecule has 1 amide bonds. The number of nitrogens with one attached hydrogen (secondary N) is 5. The van der Waals surface area contributed by atoms with E-state index >= 15 is 0 Å². The van der Waals surface area contributed by atoms with Crippen molar-refractivity contribution in [1.82, 2.24) is 16.4 Å². The molecule has 5 N–H and O–H groups in total. The summed E-state index contributed by atoms with van der Waals surface area (Å²) in [4.78, 5) is 12.6. The Morgan fingerprint density at radius 2 is 1.65 bits per heavy atom. The van der Waals surface area contributed by atoms with Crippen LogP contribution in [0.25, 0.3) is 0 Å². The van der Waals surface area contributed by atoms with Crippen LogP contribution in [0.5, 0.6) is 0 Å². The molecule has 2 aromatic carbocycles. The number of anilines is 2. The number of amides is 1. The van der Waals surface area contributed by atoms with Crippen LogP contribution in [0.1, 0.15) is 11.1 Å². The van der Waals surface area contributed by atoms with Gasteiger partial charge in [0.25, 0.3) is 0 Å². The van der Waals surface area contributed by atoms with Crippen LogP contribution in [0.3, 0.4) is 0 Å². The zero-order chi connectivity index (χ0) is 16.2. The minimum absolute atomic E-state index is 0.103. The molecule has 6 nitrogen and oxygen atoms in total. The van der Waals surface area contributed by atoms with Crippen LogP contribution in [0.4, 0.5) is 11.4 Å². The van der Waals surface area contributed by atoms with Crippen LogP contribution in [-0.4, -0.2) is 18.1 Å². The van der Waals surface area contributed by atoms with Crippen LogP contribution in [-0.2, 0) is 4.79 Å². The van der Waals surface area contributed by atoms with Gasteiger partial charge in [-0.05, 0) is 37.1 Å². The summed E-state index contributed by atoms with van der Waals surface area (Å²) in [6.07, 6.45) is -0.262. The van der Waals surface area contributed by atoms with Gasteiger partial charge in [0.05, 0.1) is 0 Å². The molecular formula is C17H21N5O. The lowest BCUT2D eigenvalue weighted by atomic mass is 10.1. The second-order valence-electron chi connectivity index (χ2n) is 5.64. The van der Waals surface area contributed by atoms with Gasteiger partial charge in [0.1, 0.15) is 12.2 Å². The van der Waals surface area contributed by atoms with Gasteiger partial charge in [-0.2, -0.15) is 5.53 Å². The Balaban J connectivity index is 1.71. The van der Waals surface area contributed by atoms with E-state index in [1.807, 2.05) is 62.4 Å². The summed E-state index contributed by atoms with van der Waals surface area (Å²) in [6, 6.07) is 15.3. The molecule has 0 aromatic heterocycles. The third-order valence-electron chi connectivity index (χ3n) is 3.90. The Morgan fingerprint density at radius 1 is 0.957 bits per heavy atom. The molecule has 2 unspecified atom stereocenters. The van der Waals surface area contributed by atoms with Gasteiger partial charge >= 0.3 is 0 Å². The van der Waals surface area contributed by atoms with Crippen molar-refractivity contribution in [3.63, 3.8) is 0 Å².